The Bertz CT molecular complexity index is 311. The molecule has 1 aliphatic heterocycles. The first-order valence-electron chi connectivity index (χ1n) is 11.7. The molecule has 194 valence electrons. The van der Waals surface area contributed by atoms with Crippen LogP contribution in [0.4, 0.5) is 0 Å². The molecule has 1 rings (SSSR count). The van der Waals surface area contributed by atoms with E-state index in [1.165, 1.54) is 13.5 Å². The largest absolute Gasteiger partial charge is 0.387 e. The molecule has 0 radical (unpaired) electrons. The van der Waals surface area contributed by atoms with Crippen LogP contribution in [0.15, 0.2) is 0 Å². The predicted octanol–water partition coefficient (Wildman–Crippen LogP) is 4.07. The van der Waals surface area contributed by atoms with E-state index in [1.54, 1.807) is 6.66 Å². The van der Waals surface area contributed by atoms with Crippen molar-refractivity contribution in [2.45, 2.75) is 112 Å². The second kappa shape index (κ2) is 30.1. The van der Waals surface area contributed by atoms with E-state index in [1.807, 2.05) is 41.5 Å². The monoisotopic (exact) mass is 476 g/mol. The Morgan fingerprint density at radius 2 is 1.29 bits per heavy atom. The van der Waals surface area contributed by atoms with E-state index >= 15 is 0 Å². The van der Waals surface area contributed by atoms with Gasteiger partial charge in [-0.05, 0) is 19.3 Å². The van der Waals surface area contributed by atoms with Crippen LogP contribution in [-0.2, 0) is 18.7 Å². The minimum absolute atomic E-state index is 0.101. The summed E-state index contributed by atoms with van der Waals surface area (Å²) in [6.45, 7) is 18.8. The molecule has 0 aromatic heterocycles. The van der Waals surface area contributed by atoms with Crippen molar-refractivity contribution in [1.29, 1.82) is 0 Å². The maximum Gasteiger partial charge on any atom is 0.186 e. The summed E-state index contributed by atoms with van der Waals surface area (Å²) in [4.78, 5) is 8.99. The molecule has 0 aromatic carbocycles. The Morgan fingerprint density at radius 1 is 0.806 bits per heavy atom. The molecule has 0 aliphatic carbocycles. The first kappa shape index (κ1) is 38.4. The molecule has 0 saturated carbocycles. The number of aliphatic hydroxyl groups excluding tert-OH is 3. The number of hydrogen-bond donors (Lipinski definition) is 4. The van der Waals surface area contributed by atoms with Crippen molar-refractivity contribution in [1.82, 2.24) is 0 Å². The summed E-state index contributed by atoms with van der Waals surface area (Å²) in [6, 6.07) is 0. The summed E-state index contributed by atoms with van der Waals surface area (Å²) in [5.74, 6) is 0. The summed E-state index contributed by atoms with van der Waals surface area (Å²) in [5, 5.41) is 29.4. The quantitative estimate of drug-likeness (QED) is 0.275. The van der Waals surface area contributed by atoms with Crippen LogP contribution in [0.2, 0.25) is 0 Å². The summed E-state index contributed by atoms with van der Waals surface area (Å²) in [5.41, 5.74) is 0. The van der Waals surface area contributed by atoms with Crippen molar-refractivity contribution in [3.8, 4) is 0 Å². The Labute approximate surface area is 193 Å². The Morgan fingerprint density at radius 3 is 1.74 bits per heavy atom. The van der Waals surface area contributed by atoms with Gasteiger partial charge < -0.3 is 38.9 Å². The first-order valence-corrected chi connectivity index (χ1v) is 13.4. The third-order valence-electron chi connectivity index (χ3n) is 3.35. The molecule has 0 amide bonds. The number of hydrogen-bond acceptors (Lipinski definition) is 8. The van der Waals surface area contributed by atoms with Gasteiger partial charge in [0.25, 0.3) is 0 Å². The summed E-state index contributed by atoms with van der Waals surface area (Å²) in [7, 11) is 0.151. The van der Waals surface area contributed by atoms with Crippen LogP contribution in [-0.4, -0.2) is 84.5 Å². The first-order chi connectivity index (χ1) is 14.9. The van der Waals surface area contributed by atoms with Crippen molar-refractivity contribution in [3.05, 3.63) is 0 Å². The van der Waals surface area contributed by atoms with E-state index in [0.29, 0.717) is 13.2 Å². The van der Waals surface area contributed by atoms with Crippen LogP contribution in [0.5, 0.6) is 0 Å². The number of methoxy groups -OCH3 is 1. The van der Waals surface area contributed by atoms with Gasteiger partial charge in [0.1, 0.15) is 24.4 Å². The molecule has 0 bridgehead atoms. The van der Waals surface area contributed by atoms with E-state index in [2.05, 4.69) is 13.8 Å². The summed E-state index contributed by atoms with van der Waals surface area (Å²) in [6.07, 6.45) is -1.95. The fraction of sp³-hybridized carbons (Fsp3) is 1.00. The van der Waals surface area contributed by atoms with Gasteiger partial charge in [0.15, 0.2) is 14.7 Å². The van der Waals surface area contributed by atoms with Gasteiger partial charge in [-0.15, -0.1) is 0 Å². The molecular formula is C22H53O8P. The van der Waals surface area contributed by atoms with E-state index in [-0.39, 0.29) is 6.61 Å². The zero-order chi connectivity index (χ0) is 25.2. The van der Waals surface area contributed by atoms with Gasteiger partial charge >= 0.3 is 0 Å². The third kappa shape index (κ3) is 21.7. The highest BCUT2D eigenvalue weighted by atomic mass is 31.2. The second-order valence-corrected chi connectivity index (χ2v) is 7.09. The zero-order valence-corrected chi connectivity index (χ0v) is 22.6. The minimum atomic E-state index is -1.33. The molecule has 9 heteroatoms. The lowest BCUT2D eigenvalue weighted by molar-refractivity contribution is -0.302. The van der Waals surface area contributed by atoms with Gasteiger partial charge in [0.05, 0.1) is 13.2 Å². The molecule has 1 saturated heterocycles. The molecule has 4 N–H and O–H groups in total. The molecular weight excluding hydrogens is 423 g/mol. The van der Waals surface area contributed by atoms with Crippen LogP contribution in [0.3, 0.4) is 0 Å². The Hall–Kier alpha value is 0.110. The average molecular weight is 477 g/mol. The van der Waals surface area contributed by atoms with Crippen molar-refractivity contribution in [2.24, 2.45) is 0 Å². The van der Waals surface area contributed by atoms with Crippen LogP contribution < -0.4 is 0 Å². The van der Waals surface area contributed by atoms with Crippen LogP contribution in [0.1, 0.15) is 81.1 Å². The molecule has 0 spiro atoms. The number of ether oxygens (including phenoxy) is 3. The van der Waals surface area contributed by atoms with Crippen molar-refractivity contribution < 1.29 is 38.9 Å². The van der Waals surface area contributed by atoms with Gasteiger partial charge in [0.2, 0.25) is 0 Å². The number of rotatable bonds is 10. The summed E-state index contributed by atoms with van der Waals surface area (Å²) >= 11 is 0. The molecule has 1 aliphatic rings. The van der Waals surface area contributed by atoms with Crippen molar-refractivity contribution in [3.63, 3.8) is 0 Å². The molecule has 6 unspecified atom stereocenters. The number of aliphatic hydroxyl groups is 3. The lowest BCUT2D eigenvalue weighted by Gasteiger charge is -2.40. The fourth-order valence-corrected chi connectivity index (χ4v) is 2.53. The molecule has 6 atom stereocenters. The normalized spacial score (nSPS) is 25.2. The highest BCUT2D eigenvalue weighted by Crippen LogP contribution is 2.25. The summed E-state index contributed by atoms with van der Waals surface area (Å²) < 4.78 is 20.8. The van der Waals surface area contributed by atoms with Crippen LogP contribution in [0.25, 0.3) is 0 Å². The van der Waals surface area contributed by atoms with E-state index in [4.69, 9.17) is 23.6 Å². The van der Waals surface area contributed by atoms with Crippen molar-refractivity contribution in [2.75, 3.05) is 33.6 Å². The highest BCUT2D eigenvalue weighted by molar-refractivity contribution is 7.45. The predicted molar refractivity (Wildman–Crippen MR) is 129 cm³/mol. The second-order valence-electron chi connectivity index (χ2n) is 5.91. The lowest BCUT2D eigenvalue weighted by Crippen LogP contribution is -2.59. The highest BCUT2D eigenvalue weighted by Gasteiger charge is 2.44. The standard InChI is InChI=1S/C13H27O8P.C3H8.3C2H6/c1-18-8-9-10(14)11(15)12(16)13(21-9)19-6-4-3-5-7-20-22(2)17;1-3-2;3*1-2/h9-17H,3-8H2,1-2H3;3H2,1-2H3;3*1-2H3. The van der Waals surface area contributed by atoms with Gasteiger partial charge in [-0.25, -0.2) is 0 Å². The molecule has 1 heterocycles. The minimum Gasteiger partial charge on any atom is -0.387 e. The maximum absolute atomic E-state index is 9.85. The van der Waals surface area contributed by atoms with E-state index in [0.717, 1.165) is 19.3 Å². The molecule has 0 aromatic rings. The molecule has 8 nitrogen and oxygen atoms in total. The maximum atomic E-state index is 9.85. The van der Waals surface area contributed by atoms with Gasteiger partial charge in [0, 0.05) is 20.4 Å². The molecule has 1 fully saturated rings. The van der Waals surface area contributed by atoms with Gasteiger partial charge in [-0.3, -0.25) is 0 Å². The topological polar surface area (TPSA) is 118 Å². The lowest BCUT2D eigenvalue weighted by atomic mass is 9.99. The average Bonchev–Trinajstić information content (AvgIpc) is 2.79. The Kier molecular flexibility index (Phi) is 37.3. The Balaban J connectivity index is -0.000000354. The van der Waals surface area contributed by atoms with Gasteiger partial charge in [-0.1, -0.05) is 61.8 Å². The van der Waals surface area contributed by atoms with E-state index < -0.39 is 39.1 Å². The fourth-order valence-electron chi connectivity index (χ4n) is 2.13. The third-order valence-corrected chi connectivity index (χ3v) is 3.90. The van der Waals surface area contributed by atoms with Gasteiger partial charge in [-0.2, -0.15) is 0 Å². The smallest absolute Gasteiger partial charge is 0.186 e. The van der Waals surface area contributed by atoms with Crippen molar-refractivity contribution >= 4 is 8.38 Å². The zero-order valence-electron chi connectivity index (χ0n) is 21.7. The number of unbranched alkanes of at least 4 members (excludes halogenated alkanes) is 2. The van der Waals surface area contributed by atoms with E-state index in [9.17, 15) is 15.3 Å². The van der Waals surface area contributed by atoms with Crippen LogP contribution in [0, 0.1) is 0 Å². The SMILES string of the molecule is CC.CC.CC.CCC.COCC1OC(OCCCCCOP(C)O)C(O)C(O)C1O. The molecule has 31 heavy (non-hydrogen) atoms. The van der Waals surface area contributed by atoms with Crippen LogP contribution >= 0.6 is 8.38 Å².